The Bertz CT molecular complexity index is 211. The molecule has 0 aromatic carbocycles. The van der Waals surface area contributed by atoms with Crippen LogP contribution >= 0.6 is 0 Å². The van der Waals surface area contributed by atoms with Gasteiger partial charge in [0.15, 0.2) is 0 Å². The number of allylic oxidation sites excluding steroid dienone is 6. The molecule has 0 N–H and O–H groups in total. The highest BCUT2D eigenvalue weighted by molar-refractivity contribution is 4.94. The maximum atomic E-state index is 2.29. The van der Waals surface area contributed by atoms with Crippen LogP contribution in [0.1, 0.15) is 53.4 Å². The van der Waals surface area contributed by atoms with Crippen molar-refractivity contribution >= 4 is 0 Å². The fourth-order valence-corrected chi connectivity index (χ4v) is 1.22. The van der Waals surface area contributed by atoms with Gasteiger partial charge in [-0.1, -0.05) is 57.2 Å². The molecule has 0 atom stereocenters. The Kier molecular flexibility index (Phi) is 8.08. The average Bonchev–Trinajstić information content (AvgIpc) is 2.14. The fourth-order valence-electron chi connectivity index (χ4n) is 1.22. The van der Waals surface area contributed by atoms with Gasteiger partial charge in [-0.2, -0.15) is 0 Å². The Morgan fingerprint density at radius 1 is 0.733 bits per heavy atom. The van der Waals surface area contributed by atoms with Crippen molar-refractivity contribution in [1.29, 1.82) is 0 Å². The van der Waals surface area contributed by atoms with Crippen molar-refractivity contribution in [3.8, 4) is 0 Å². The number of hydrogen-bond acceptors (Lipinski definition) is 0. The zero-order valence-electron chi connectivity index (χ0n) is 10.8. The molecule has 0 heterocycles. The molecule has 0 heteroatoms. The summed E-state index contributed by atoms with van der Waals surface area (Å²) in [6, 6.07) is 0. The first-order valence-electron chi connectivity index (χ1n) is 6.00. The molecule has 0 radical (unpaired) electrons. The van der Waals surface area contributed by atoms with E-state index >= 15 is 0 Å². The molecule has 0 aliphatic heterocycles. The predicted molar refractivity (Wildman–Crippen MR) is 71.0 cm³/mol. The second-order valence-electron chi connectivity index (χ2n) is 4.96. The third-order valence-electron chi connectivity index (χ3n) is 2.02. The van der Waals surface area contributed by atoms with Crippen LogP contribution in [0.5, 0.6) is 0 Å². The van der Waals surface area contributed by atoms with Crippen LogP contribution in [-0.2, 0) is 0 Å². The molecule has 0 saturated heterocycles. The maximum absolute atomic E-state index is 2.29. The van der Waals surface area contributed by atoms with Crippen molar-refractivity contribution in [1.82, 2.24) is 0 Å². The fraction of sp³-hybridized carbons (Fsp3) is 0.600. The molecule has 0 saturated carbocycles. The quantitative estimate of drug-likeness (QED) is 0.409. The van der Waals surface area contributed by atoms with Crippen molar-refractivity contribution in [2.45, 2.75) is 53.4 Å². The van der Waals surface area contributed by atoms with Crippen LogP contribution in [0.4, 0.5) is 0 Å². The lowest BCUT2D eigenvalue weighted by Crippen LogP contribution is -1.97. The van der Waals surface area contributed by atoms with Crippen LogP contribution in [0.15, 0.2) is 36.5 Å². The topological polar surface area (TPSA) is 0 Å². The summed E-state index contributed by atoms with van der Waals surface area (Å²) in [6.45, 7) is 8.77. The largest absolute Gasteiger partial charge is 0.0917 e. The van der Waals surface area contributed by atoms with Gasteiger partial charge >= 0.3 is 0 Å². The highest BCUT2D eigenvalue weighted by Crippen LogP contribution is 2.15. The second kappa shape index (κ2) is 8.52. The van der Waals surface area contributed by atoms with Gasteiger partial charge in [0.1, 0.15) is 0 Å². The molecule has 0 unspecified atom stereocenters. The molecule has 0 fully saturated rings. The van der Waals surface area contributed by atoms with Crippen LogP contribution in [-0.4, -0.2) is 0 Å². The lowest BCUT2D eigenvalue weighted by molar-refractivity contribution is 0.542. The summed E-state index contributed by atoms with van der Waals surface area (Å²) in [5, 5.41) is 0. The van der Waals surface area contributed by atoms with E-state index in [0.717, 1.165) is 6.42 Å². The van der Waals surface area contributed by atoms with Gasteiger partial charge in [0, 0.05) is 0 Å². The van der Waals surface area contributed by atoms with Gasteiger partial charge in [-0.05, 0) is 38.0 Å². The smallest absolute Gasteiger partial charge is 0.0203 e. The molecule has 0 aromatic heterocycles. The van der Waals surface area contributed by atoms with E-state index in [2.05, 4.69) is 64.2 Å². The highest BCUT2D eigenvalue weighted by atomic mass is 14.1. The summed E-state index contributed by atoms with van der Waals surface area (Å²) in [4.78, 5) is 0. The van der Waals surface area contributed by atoms with Gasteiger partial charge in [0.25, 0.3) is 0 Å². The molecule has 0 aromatic rings. The third-order valence-corrected chi connectivity index (χ3v) is 2.02. The van der Waals surface area contributed by atoms with E-state index in [1.54, 1.807) is 0 Å². The standard InChI is InChI=1S/C15H26/c1-5-6-7-8-9-10-11-12-13-14-15(2,3)4/h5-6,9-10,13-14H,7-8,11-12H2,1-4H3. The zero-order valence-corrected chi connectivity index (χ0v) is 10.8. The Hall–Kier alpha value is -0.780. The first kappa shape index (κ1) is 14.2. The number of unbranched alkanes of at least 4 members (excludes halogenated alkanes) is 2. The van der Waals surface area contributed by atoms with Gasteiger partial charge < -0.3 is 0 Å². The monoisotopic (exact) mass is 206 g/mol. The summed E-state index contributed by atoms with van der Waals surface area (Å²) in [5.74, 6) is 0. The summed E-state index contributed by atoms with van der Waals surface area (Å²) < 4.78 is 0. The molecule has 86 valence electrons. The van der Waals surface area contributed by atoms with Gasteiger partial charge in [-0.25, -0.2) is 0 Å². The van der Waals surface area contributed by atoms with Crippen LogP contribution in [0.25, 0.3) is 0 Å². The van der Waals surface area contributed by atoms with Crippen molar-refractivity contribution in [3.05, 3.63) is 36.5 Å². The van der Waals surface area contributed by atoms with Crippen LogP contribution in [0.2, 0.25) is 0 Å². The van der Waals surface area contributed by atoms with Gasteiger partial charge in [-0.15, -0.1) is 0 Å². The van der Waals surface area contributed by atoms with Crippen molar-refractivity contribution in [3.63, 3.8) is 0 Å². The minimum Gasteiger partial charge on any atom is -0.0917 e. The molecule has 0 amide bonds. The van der Waals surface area contributed by atoms with Crippen LogP contribution in [0, 0.1) is 5.41 Å². The summed E-state index contributed by atoms with van der Waals surface area (Å²) in [7, 11) is 0. The molecule has 15 heavy (non-hydrogen) atoms. The van der Waals surface area contributed by atoms with Gasteiger partial charge in [0.2, 0.25) is 0 Å². The van der Waals surface area contributed by atoms with E-state index in [1.165, 1.54) is 19.3 Å². The third kappa shape index (κ3) is 13.2. The molecule has 0 aliphatic carbocycles. The second-order valence-corrected chi connectivity index (χ2v) is 4.96. The highest BCUT2D eigenvalue weighted by Gasteiger charge is 2.01. The molecule has 0 aliphatic rings. The maximum Gasteiger partial charge on any atom is -0.0203 e. The van der Waals surface area contributed by atoms with E-state index in [0.29, 0.717) is 5.41 Å². The SMILES string of the molecule is CC=CCCC=CCCC=CC(C)(C)C. The Morgan fingerprint density at radius 3 is 1.67 bits per heavy atom. The molecular weight excluding hydrogens is 180 g/mol. The lowest BCUT2D eigenvalue weighted by Gasteiger charge is -2.10. The Balaban J connectivity index is 3.42. The van der Waals surface area contributed by atoms with Crippen molar-refractivity contribution in [2.75, 3.05) is 0 Å². The number of rotatable bonds is 6. The Morgan fingerprint density at radius 2 is 1.20 bits per heavy atom. The van der Waals surface area contributed by atoms with Crippen molar-refractivity contribution < 1.29 is 0 Å². The average molecular weight is 206 g/mol. The molecule has 0 spiro atoms. The van der Waals surface area contributed by atoms with E-state index in [9.17, 15) is 0 Å². The van der Waals surface area contributed by atoms with Crippen molar-refractivity contribution in [2.24, 2.45) is 5.41 Å². The first-order valence-corrected chi connectivity index (χ1v) is 6.00. The normalized spacial score (nSPS) is 13.6. The van der Waals surface area contributed by atoms with E-state index in [-0.39, 0.29) is 0 Å². The Labute approximate surface area is 95.8 Å². The number of hydrogen-bond donors (Lipinski definition) is 0. The van der Waals surface area contributed by atoms with E-state index in [1.807, 2.05) is 0 Å². The lowest BCUT2D eigenvalue weighted by atomic mass is 9.96. The van der Waals surface area contributed by atoms with Gasteiger partial charge in [0.05, 0.1) is 0 Å². The molecular formula is C15H26. The van der Waals surface area contributed by atoms with Gasteiger partial charge in [-0.3, -0.25) is 0 Å². The van der Waals surface area contributed by atoms with E-state index in [4.69, 9.17) is 0 Å². The summed E-state index contributed by atoms with van der Waals surface area (Å²) in [6.07, 6.45) is 18.2. The summed E-state index contributed by atoms with van der Waals surface area (Å²) in [5.41, 5.74) is 0.329. The molecule has 0 nitrogen and oxygen atoms in total. The van der Waals surface area contributed by atoms with Crippen LogP contribution < -0.4 is 0 Å². The first-order chi connectivity index (χ1) is 7.06. The minimum atomic E-state index is 0.329. The molecule has 0 rings (SSSR count). The predicted octanol–water partition coefficient (Wildman–Crippen LogP) is 5.28. The minimum absolute atomic E-state index is 0.329. The zero-order chi connectivity index (χ0) is 11.6. The molecule has 0 bridgehead atoms. The van der Waals surface area contributed by atoms with E-state index < -0.39 is 0 Å². The summed E-state index contributed by atoms with van der Waals surface area (Å²) >= 11 is 0. The van der Waals surface area contributed by atoms with Crippen LogP contribution in [0.3, 0.4) is 0 Å².